The van der Waals surface area contributed by atoms with Crippen LogP contribution in [-0.2, 0) is 10.0 Å². The molecule has 3 aliphatic rings. The van der Waals surface area contributed by atoms with Crippen LogP contribution >= 0.6 is 0 Å². The topological polar surface area (TPSA) is 93.5 Å². The fraction of sp³-hybridized carbons (Fsp3) is 0.600. The maximum atomic E-state index is 13.0. The van der Waals surface area contributed by atoms with Crippen molar-refractivity contribution >= 4 is 16.1 Å². The number of nitrogens with zero attached hydrogens (tertiary/aromatic N) is 3. The lowest BCUT2D eigenvalue weighted by molar-refractivity contribution is -0.163. The number of sulfonamides is 1. The molecule has 1 N–H and O–H groups in total. The van der Waals surface area contributed by atoms with Crippen LogP contribution in [-0.4, -0.2) is 66.8 Å². The van der Waals surface area contributed by atoms with Gasteiger partial charge in [0, 0.05) is 26.2 Å². The first-order valence-electron chi connectivity index (χ1n) is 10.2. The predicted molar refractivity (Wildman–Crippen MR) is 106 cm³/mol. The van der Waals surface area contributed by atoms with Gasteiger partial charge in [0.05, 0.1) is 11.6 Å². The summed E-state index contributed by atoms with van der Waals surface area (Å²) < 4.78 is 66.1. The highest BCUT2D eigenvalue weighted by molar-refractivity contribution is 7.89. The number of halogens is 3. The Balaban J connectivity index is 1.28. The van der Waals surface area contributed by atoms with Crippen LogP contribution in [0, 0.1) is 11.3 Å². The van der Waals surface area contributed by atoms with Crippen LogP contribution < -0.4 is 5.32 Å². The van der Waals surface area contributed by atoms with Crippen molar-refractivity contribution in [3.63, 3.8) is 0 Å². The van der Waals surface area contributed by atoms with E-state index in [-0.39, 0.29) is 31.8 Å². The number of nitrogens with one attached hydrogen (secondary N) is 1. The van der Waals surface area contributed by atoms with Crippen LogP contribution in [0.4, 0.5) is 18.0 Å². The monoisotopic (exact) mass is 456 g/mol. The molecule has 3 fully saturated rings. The second-order valence-corrected chi connectivity index (χ2v) is 10.7. The average Bonchev–Trinajstić information content (AvgIpc) is 3.47. The van der Waals surface area contributed by atoms with E-state index in [4.69, 9.17) is 5.26 Å². The van der Waals surface area contributed by atoms with Gasteiger partial charge in [-0.05, 0) is 49.3 Å². The normalized spacial score (nSPS) is 22.5. The largest absolute Gasteiger partial charge is 0.411 e. The number of carbonyl (C=O) groups excluding carboxylic acids is 1. The highest BCUT2D eigenvalue weighted by Crippen LogP contribution is 2.49. The van der Waals surface area contributed by atoms with Gasteiger partial charge in [-0.1, -0.05) is 12.1 Å². The molecule has 11 heteroatoms. The Bertz CT molecular complexity index is 986. The van der Waals surface area contributed by atoms with E-state index >= 15 is 0 Å². The van der Waals surface area contributed by atoms with E-state index in [1.54, 1.807) is 12.1 Å². The smallest absolute Gasteiger partial charge is 0.323 e. The molecule has 2 saturated heterocycles. The quantitative estimate of drug-likeness (QED) is 0.754. The number of likely N-dealkylation sites (tertiary alicyclic amines) is 1. The van der Waals surface area contributed by atoms with Gasteiger partial charge in [-0.2, -0.15) is 18.4 Å². The Hall–Kier alpha value is -2.32. The molecule has 0 unspecified atom stereocenters. The van der Waals surface area contributed by atoms with Gasteiger partial charge < -0.3 is 10.2 Å². The molecule has 0 aromatic heterocycles. The summed E-state index contributed by atoms with van der Waals surface area (Å²) in [6, 6.07) is 8.49. The Morgan fingerprint density at radius 2 is 1.71 bits per heavy atom. The van der Waals surface area contributed by atoms with Crippen molar-refractivity contribution in [2.24, 2.45) is 0 Å². The number of urea groups is 1. The van der Waals surface area contributed by atoms with E-state index in [1.165, 1.54) is 4.31 Å². The van der Waals surface area contributed by atoms with Crippen LogP contribution in [0.25, 0.3) is 0 Å². The molecule has 4 rings (SSSR count). The Labute approximate surface area is 178 Å². The number of alkyl halides is 3. The number of rotatable bonds is 4. The van der Waals surface area contributed by atoms with Gasteiger partial charge in [-0.25, -0.2) is 17.5 Å². The van der Waals surface area contributed by atoms with Gasteiger partial charge >= 0.3 is 12.2 Å². The van der Waals surface area contributed by atoms with Crippen LogP contribution in [0.2, 0.25) is 0 Å². The van der Waals surface area contributed by atoms with E-state index in [2.05, 4.69) is 6.07 Å². The second-order valence-electron chi connectivity index (χ2n) is 8.49. The Kier molecular flexibility index (Phi) is 5.42. The van der Waals surface area contributed by atoms with Crippen molar-refractivity contribution in [3.8, 4) is 6.07 Å². The first-order chi connectivity index (χ1) is 14.6. The summed E-state index contributed by atoms with van der Waals surface area (Å²) in [5.74, 6) is 0.208. The zero-order chi connectivity index (χ0) is 22.4. The molecule has 168 valence electrons. The molecular formula is C20H23F3N4O3S. The SMILES string of the molecule is N#Cc1ccc(C2CCN(S(=O)(=O)C3CN(C(=O)NC4(C(F)(F)F)CC4)C3)CC2)cc1. The molecule has 0 atom stereocenters. The lowest BCUT2D eigenvalue weighted by Gasteiger charge is -2.42. The van der Waals surface area contributed by atoms with Crippen molar-refractivity contribution in [1.82, 2.24) is 14.5 Å². The van der Waals surface area contributed by atoms with Gasteiger partial charge in [-0.3, -0.25) is 0 Å². The van der Waals surface area contributed by atoms with E-state index in [1.807, 2.05) is 17.4 Å². The summed E-state index contributed by atoms with van der Waals surface area (Å²) in [6.45, 7) is 0.509. The fourth-order valence-corrected chi connectivity index (χ4v) is 6.04. The number of nitriles is 1. The molecule has 31 heavy (non-hydrogen) atoms. The molecule has 2 heterocycles. The first kappa shape index (κ1) is 21.9. The zero-order valence-electron chi connectivity index (χ0n) is 16.7. The molecule has 1 aromatic rings. The Morgan fingerprint density at radius 1 is 1.13 bits per heavy atom. The highest BCUT2D eigenvalue weighted by Gasteiger charge is 2.65. The van der Waals surface area contributed by atoms with Crippen molar-refractivity contribution in [3.05, 3.63) is 35.4 Å². The summed E-state index contributed by atoms with van der Waals surface area (Å²) in [4.78, 5) is 13.2. The maximum Gasteiger partial charge on any atom is 0.411 e. The molecule has 2 amide bonds. The number of piperidine rings is 1. The van der Waals surface area contributed by atoms with Crippen molar-refractivity contribution in [2.75, 3.05) is 26.2 Å². The van der Waals surface area contributed by atoms with Crippen LogP contribution in [0.3, 0.4) is 0 Å². The number of amides is 2. The summed E-state index contributed by atoms with van der Waals surface area (Å²) in [5, 5.41) is 10.1. The van der Waals surface area contributed by atoms with Crippen molar-refractivity contribution in [1.29, 1.82) is 5.26 Å². The lowest BCUT2D eigenvalue weighted by Crippen LogP contribution is -2.64. The van der Waals surface area contributed by atoms with E-state index in [0.29, 0.717) is 31.5 Å². The van der Waals surface area contributed by atoms with Crippen molar-refractivity contribution < 1.29 is 26.4 Å². The van der Waals surface area contributed by atoms with E-state index < -0.39 is 33.0 Å². The summed E-state index contributed by atoms with van der Waals surface area (Å²) in [5.41, 5.74) is -0.507. The molecule has 0 radical (unpaired) electrons. The van der Waals surface area contributed by atoms with Crippen LogP contribution in [0.1, 0.15) is 42.7 Å². The fourth-order valence-electron chi connectivity index (χ4n) is 4.16. The lowest BCUT2D eigenvalue weighted by atomic mass is 9.90. The maximum absolute atomic E-state index is 13.0. The second kappa shape index (κ2) is 7.67. The van der Waals surface area contributed by atoms with Gasteiger partial charge in [0.15, 0.2) is 0 Å². The minimum absolute atomic E-state index is 0.0995. The third-order valence-corrected chi connectivity index (χ3v) is 8.75. The third-order valence-electron chi connectivity index (χ3n) is 6.52. The highest BCUT2D eigenvalue weighted by atomic mass is 32.2. The first-order valence-corrected chi connectivity index (χ1v) is 11.7. The molecule has 7 nitrogen and oxygen atoms in total. The van der Waals surface area contributed by atoms with Gasteiger partial charge in [-0.15, -0.1) is 0 Å². The van der Waals surface area contributed by atoms with Gasteiger partial charge in [0.1, 0.15) is 10.8 Å². The Morgan fingerprint density at radius 3 is 2.19 bits per heavy atom. The standard InChI is InChI=1S/C20H23F3N4O3S/c21-20(22,23)19(7-8-19)25-18(28)26-12-17(13-26)31(29,30)27-9-5-16(6-10-27)15-3-1-14(11-24)2-4-15/h1-4,16-17H,5-10,12-13H2,(H,25,28). The molecule has 0 bridgehead atoms. The van der Waals surface area contributed by atoms with E-state index in [0.717, 1.165) is 10.5 Å². The third kappa shape index (κ3) is 4.11. The summed E-state index contributed by atoms with van der Waals surface area (Å²) in [6.07, 6.45) is -3.50. The molecule has 1 aliphatic carbocycles. The number of benzene rings is 1. The minimum Gasteiger partial charge on any atom is -0.323 e. The predicted octanol–water partition coefficient (Wildman–Crippen LogP) is 2.56. The molecular weight excluding hydrogens is 433 g/mol. The van der Waals surface area contributed by atoms with Gasteiger partial charge in [0.2, 0.25) is 10.0 Å². The molecule has 1 aromatic carbocycles. The number of hydrogen-bond acceptors (Lipinski definition) is 4. The van der Waals surface area contributed by atoms with E-state index in [9.17, 15) is 26.4 Å². The van der Waals surface area contributed by atoms with Crippen LogP contribution in [0.5, 0.6) is 0 Å². The average molecular weight is 456 g/mol. The summed E-state index contributed by atoms with van der Waals surface area (Å²) in [7, 11) is -3.62. The van der Waals surface area contributed by atoms with Gasteiger partial charge in [0.25, 0.3) is 0 Å². The molecule has 1 saturated carbocycles. The number of hydrogen-bond donors (Lipinski definition) is 1. The summed E-state index contributed by atoms with van der Waals surface area (Å²) >= 11 is 0. The molecule has 2 aliphatic heterocycles. The number of carbonyl (C=O) groups is 1. The van der Waals surface area contributed by atoms with Crippen molar-refractivity contribution in [2.45, 2.75) is 48.6 Å². The minimum atomic E-state index is -4.50. The zero-order valence-corrected chi connectivity index (χ0v) is 17.5. The van der Waals surface area contributed by atoms with Crippen LogP contribution in [0.15, 0.2) is 24.3 Å². The molecule has 0 spiro atoms.